The summed E-state index contributed by atoms with van der Waals surface area (Å²) in [5, 5.41) is 3.34. The van der Waals surface area contributed by atoms with Crippen LogP contribution in [0.2, 0.25) is 0 Å². The number of rotatable bonds is 8. The number of aliphatic imine (C=N–C) groups is 1. The quantitative estimate of drug-likeness (QED) is 0.339. The molecule has 2 aromatic carbocycles. The number of methoxy groups -OCH3 is 3. The molecule has 0 aliphatic heterocycles. The minimum atomic E-state index is 0. The number of hydrogen-bond donors (Lipinski definition) is 1. The summed E-state index contributed by atoms with van der Waals surface area (Å²) in [4.78, 5) is 6.86. The van der Waals surface area contributed by atoms with Crippen LogP contribution in [0, 0.1) is 0 Å². The Morgan fingerprint density at radius 2 is 1.71 bits per heavy atom. The molecule has 7 heteroatoms. The van der Waals surface area contributed by atoms with Crippen molar-refractivity contribution in [2.24, 2.45) is 4.99 Å². The van der Waals surface area contributed by atoms with E-state index in [0.717, 1.165) is 36.1 Å². The van der Waals surface area contributed by atoms with Gasteiger partial charge in [-0.2, -0.15) is 0 Å². The van der Waals surface area contributed by atoms with Crippen LogP contribution in [-0.2, 0) is 13.1 Å². The molecule has 0 saturated carbocycles. The molecule has 0 heterocycles. The first-order valence-electron chi connectivity index (χ1n) is 8.95. The summed E-state index contributed by atoms with van der Waals surface area (Å²) < 4.78 is 16.1. The fraction of sp³-hybridized carbons (Fsp3) is 0.381. The average molecular weight is 499 g/mol. The average Bonchev–Trinajstić information content (AvgIpc) is 2.71. The molecule has 6 nitrogen and oxygen atoms in total. The number of para-hydroxylation sites is 1. The molecule has 0 saturated heterocycles. The van der Waals surface area contributed by atoms with Gasteiger partial charge in [0, 0.05) is 25.7 Å². The van der Waals surface area contributed by atoms with Crippen molar-refractivity contribution in [2.45, 2.75) is 20.0 Å². The van der Waals surface area contributed by atoms with Crippen molar-refractivity contribution in [3.05, 3.63) is 53.6 Å². The second-order valence-corrected chi connectivity index (χ2v) is 6.03. The van der Waals surface area contributed by atoms with Crippen LogP contribution < -0.4 is 19.5 Å². The lowest BCUT2D eigenvalue weighted by Crippen LogP contribution is -2.38. The van der Waals surface area contributed by atoms with Gasteiger partial charge in [0.1, 0.15) is 5.75 Å². The molecule has 0 atom stereocenters. The van der Waals surface area contributed by atoms with Crippen molar-refractivity contribution < 1.29 is 14.2 Å². The maximum atomic E-state index is 5.50. The zero-order valence-electron chi connectivity index (χ0n) is 17.2. The van der Waals surface area contributed by atoms with Gasteiger partial charge in [-0.3, -0.25) is 0 Å². The van der Waals surface area contributed by atoms with Crippen LogP contribution in [0.3, 0.4) is 0 Å². The molecule has 154 valence electrons. The third-order valence-electron chi connectivity index (χ3n) is 4.16. The maximum Gasteiger partial charge on any atom is 0.194 e. The van der Waals surface area contributed by atoms with Crippen LogP contribution in [0.15, 0.2) is 47.5 Å². The lowest BCUT2D eigenvalue weighted by Gasteiger charge is -2.22. The van der Waals surface area contributed by atoms with Gasteiger partial charge in [0.25, 0.3) is 0 Å². The normalized spacial score (nSPS) is 10.7. The zero-order chi connectivity index (χ0) is 19.6. The second-order valence-electron chi connectivity index (χ2n) is 6.03. The molecule has 28 heavy (non-hydrogen) atoms. The van der Waals surface area contributed by atoms with Crippen molar-refractivity contribution >= 4 is 29.9 Å². The Morgan fingerprint density at radius 3 is 2.29 bits per heavy atom. The summed E-state index contributed by atoms with van der Waals surface area (Å²) in [6.07, 6.45) is 0. The first-order chi connectivity index (χ1) is 13.1. The molecule has 2 rings (SSSR count). The van der Waals surface area contributed by atoms with Crippen LogP contribution in [0.25, 0.3) is 0 Å². The molecule has 0 amide bonds. The minimum Gasteiger partial charge on any atom is -0.497 e. The molecule has 0 aliphatic carbocycles. The highest BCUT2D eigenvalue weighted by molar-refractivity contribution is 14.0. The summed E-state index contributed by atoms with van der Waals surface area (Å²) in [6.45, 7) is 4.09. The minimum absolute atomic E-state index is 0. The van der Waals surface area contributed by atoms with Gasteiger partial charge < -0.3 is 24.4 Å². The molecule has 1 N–H and O–H groups in total. The van der Waals surface area contributed by atoms with Gasteiger partial charge >= 0.3 is 0 Å². The molecule has 0 bridgehead atoms. The number of benzene rings is 2. The van der Waals surface area contributed by atoms with E-state index >= 15 is 0 Å². The van der Waals surface area contributed by atoms with Crippen LogP contribution in [0.4, 0.5) is 0 Å². The number of ether oxygens (including phenoxy) is 3. The van der Waals surface area contributed by atoms with E-state index in [0.29, 0.717) is 12.3 Å². The van der Waals surface area contributed by atoms with E-state index in [1.54, 1.807) is 21.3 Å². The molecule has 2 aromatic rings. The highest BCUT2D eigenvalue weighted by Gasteiger charge is 2.11. The van der Waals surface area contributed by atoms with E-state index in [4.69, 9.17) is 19.2 Å². The van der Waals surface area contributed by atoms with E-state index < -0.39 is 0 Å². The van der Waals surface area contributed by atoms with Gasteiger partial charge in [-0.1, -0.05) is 24.3 Å². The monoisotopic (exact) mass is 499 g/mol. The summed E-state index contributed by atoms with van der Waals surface area (Å²) >= 11 is 0. The predicted molar refractivity (Wildman–Crippen MR) is 124 cm³/mol. The van der Waals surface area contributed by atoms with E-state index in [9.17, 15) is 0 Å². The summed E-state index contributed by atoms with van der Waals surface area (Å²) in [7, 11) is 6.97. The second kappa shape index (κ2) is 12.3. The fourth-order valence-corrected chi connectivity index (χ4v) is 2.79. The van der Waals surface area contributed by atoms with Crippen molar-refractivity contribution in [1.82, 2.24) is 10.2 Å². The van der Waals surface area contributed by atoms with Gasteiger partial charge in [0.15, 0.2) is 17.5 Å². The predicted octanol–water partition coefficient (Wildman–Crippen LogP) is 3.93. The lowest BCUT2D eigenvalue weighted by molar-refractivity contribution is 0.351. The smallest absolute Gasteiger partial charge is 0.194 e. The van der Waals surface area contributed by atoms with Gasteiger partial charge in [-0.15, -0.1) is 24.0 Å². The van der Waals surface area contributed by atoms with Crippen LogP contribution in [0.5, 0.6) is 17.2 Å². The number of halogens is 1. The Bertz CT molecular complexity index is 751. The summed E-state index contributed by atoms with van der Waals surface area (Å²) in [5.74, 6) is 3.12. The fourth-order valence-electron chi connectivity index (χ4n) is 2.79. The number of hydrogen-bond acceptors (Lipinski definition) is 4. The molecule has 0 unspecified atom stereocenters. The van der Waals surface area contributed by atoms with E-state index in [-0.39, 0.29) is 24.0 Å². The van der Waals surface area contributed by atoms with Crippen molar-refractivity contribution in [1.29, 1.82) is 0 Å². The highest BCUT2D eigenvalue weighted by atomic mass is 127. The highest BCUT2D eigenvalue weighted by Crippen LogP contribution is 2.31. The maximum absolute atomic E-state index is 5.50. The van der Waals surface area contributed by atoms with E-state index in [1.165, 1.54) is 5.56 Å². The van der Waals surface area contributed by atoms with E-state index in [2.05, 4.69) is 29.3 Å². The molecule has 0 aromatic heterocycles. The topological polar surface area (TPSA) is 55.3 Å². The summed E-state index contributed by atoms with van der Waals surface area (Å²) in [5.41, 5.74) is 2.16. The first-order valence-corrected chi connectivity index (χ1v) is 8.95. The van der Waals surface area contributed by atoms with Crippen molar-refractivity contribution in [3.8, 4) is 17.2 Å². The van der Waals surface area contributed by atoms with Crippen molar-refractivity contribution in [2.75, 3.05) is 34.9 Å². The van der Waals surface area contributed by atoms with Crippen molar-refractivity contribution in [3.63, 3.8) is 0 Å². The van der Waals surface area contributed by atoms with Gasteiger partial charge in [0.05, 0.1) is 27.9 Å². The van der Waals surface area contributed by atoms with Crippen LogP contribution in [0.1, 0.15) is 18.1 Å². The number of nitrogens with one attached hydrogen (secondary N) is 1. The SMILES string of the molecule is CCNC(=NCc1cccc(OC)c1OC)N(C)Cc1ccc(OC)cc1.I. The zero-order valence-corrected chi connectivity index (χ0v) is 19.5. The largest absolute Gasteiger partial charge is 0.497 e. The third kappa shape index (κ3) is 6.47. The molecule has 0 fully saturated rings. The number of nitrogens with zero attached hydrogens (tertiary/aromatic N) is 2. The Kier molecular flexibility index (Phi) is 10.5. The Morgan fingerprint density at radius 1 is 1.00 bits per heavy atom. The Labute approximate surface area is 184 Å². The first kappa shape index (κ1) is 23.9. The molecule has 0 radical (unpaired) electrons. The van der Waals surface area contributed by atoms with Gasteiger partial charge in [0.2, 0.25) is 0 Å². The van der Waals surface area contributed by atoms with Crippen LogP contribution in [-0.4, -0.2) is 45.8 Å². The molecular weight excluding hydrogens is 469 g/mol. The van der Waals surface area contributed by atoms with Gasteiger partial charge in [-0.25, -0.2) is 4.99 Å². The third-order valence-corrected chi connectivity index (χ3v) is 4.16. The Balaban J connectivity index is 0.00000392. The van der Waals surface area contributed by atoms with Crippen LogP contribution >= 0.6 is 24.0 Å². The molecular formula is C21H30IN3O3. The van der Waals surface area contributed by atoms with E-state index in [1.807, 2.05) is 37.4 Å². The molecule has 0 aliphatic rings. The summed E-state index contributed by atoms with van der Waals surface area (Å²) in [6, 6.07) is 13.9. The Hall–Kier alpha value is -2.16. The lowest BCUT2D eigenvalue weighted by atomic mass is 10.2. The van der Waals surface area contributed by atoms with Gasteiger partial charge in [-0.05, 0) is 30.7 Å². The molecule has 0 spiro atoms. The standard InChI is InChI=1S/C21H29N3O3.HI/c1-6-22-21(24(2)15-16-10-12-18(25-3)13-11-16)23-14-17-8-7-9-19(26-4)20(17)27-5;/h7-13H,6,14-15H2,1-5H3,(H,22,23);1H. The number of guanidine groups is 1.